The number of carbonyl (C=O) groups is 3. The van der Waals surface area contributed by atoms with Gasteiger partial charge in [-0.05, 0) is 56.3 Å². The number of nitrogens with zero attached hydrogens (tertiary/aromatic N) is 2. The Morgan fingerprint density at radius 3 is 2.50 bits per heavy atom. The zero-order valence-corrected chi connectivity index (χ0v) is 19.2. The minimum absolute atomic E-state index is 0.00412. The average molecular weight is 464 g/mol. The van der Waals surface area contributed by atoms with E-state index in [0.29, 0.717) is 22.7 Å². The quantitative estimate of drug-likeness (QED) is 0.390. The second-order valence-electron chi connectivity index (χ2n) is 8.20. The minimum Gasteiger partial charge on any atom is -0.495 e. The van der Waals surface area contributed by atoms with E-state index >= 15 is 0 Å². The van der Waals surface area contributed by atoms with E-state index < -0.39 is 18.5 Å². The zero-order chi connectivity index (χ0) is 24.4. The Balaban J connectivity index is 1.42. The number of aromatic nitrogens is 1. The molecule has 7 nitrogen and oxygen atoms in total. The van der Waals surface area contributed by atoms with Crippen molar-refractivity contribution >= 4 is 23.3 Å². The molecule has 34 heavy (non-hydrogen) atoms. The molecule has 1 aliphatic heterocycles. The Bertz CT molecular complexity index is 1250. The number of ketones is 1. The molecule has 3 aromatic rings. The molecule has 8 heteroatoms. The van der Waals surface area contributed by atoms with E-state index in [2.05, 4.69) is 0 Å². The van der Waals surface area contributed by atoms with Crippen molar-refractivity contribution in [1.29, 1.82) is 0 Å². The van der Waals surface area contributed by atoms with Gasteiger partial charge in [0.15, 0.2) is 6.61 Å². The summed E-state index contributed by atoms with van der Waals surface area (Å²) >= 11 is 0. The number of methoxy groups -OCH3 is 1. The molecule has 176 valence electrons. The molecule has 1 aliphatic rings. The predicted molar refractivity (Wildman–Crippen MR) is 124 cm³/mol. The van der Waals surface area contributed by atoms with Crippen molar-refractivity contribution in [3.05, 3.63) is 77.4 Å². The van der Waals surface area contributed by atoms with Crippen LogP contribution in [0.5, 0.6) is 5.75 Å². The summed E-state index contributed by atoms with van der Waals surface area (Å²) in [6, 6.07) is 14.8. The molecule has 1 aromatic heterocycles. The smallest absolute Gasteiger partial charge is 0.311 e. The molecule has 1 fully saturated rings. The van der Waals surface area contributed by atoms with E-state index in [1.165, 1.54) is 24.1 Å². The van der Waals surface area contributed by atoms with Crippen LogP contribution in [-0.2, 0) is 14.3 Å². The number of para-hydroxylation sites is 2. The molecular weight excluding hydrogens is 439 g/mol. The van der Waals surface area contributed by atoms with E-state index in [1.54, 1.807) is 49.4 Å². The SMILES string of the molecule is COc1ccccc1N1C[C@@H](C(=O)OCC(=O)c2cc(C)n(-c3ccc(F)cc3)c2C)CC1=O. The van der Waals surface area contributed by atoms with Crippen LogP contribution in [0.25, 0.3) is 5.69 Å². The van der Waals surface area contributed by atoms with Crippen LogP contribution in [0.2, 0.25) is 0 Å². The average Bonchev–Trinajstić information content (AvgIpc) is 3.37. The molecule has 1 amide bonds. The van der Waals surface area contributed by atoms with Crippen LogP contribution >= 0.6 is 0 Å². The molecular formula is C26H25FN2O5. The first-order chi connectivity index (χ1) is 16.3. The summed E-state index contributed by atoms with van der Waals surface area (Å²) in [6.07, 6.45) is 0.00412. The van der Waals surface area contributed by atoms with Crippen LogP contribution in [0.15, 0.2) is 54.6 Å². The number of esters is 1. The van der Waals surface area contributed by atoms with Gasteiger partial charge in [0, 0.05) is 35.6 Å². The summed E-state index contributed by atoms with van der Waals surface area (Å²) < 4.78 is 25.7. The standard InChI is InChI=1S/C26H25FN2O5/c1-16-12-21(17(2)29(16)20-10-8-19(27)9-11-20)23(30)15-34-26(32)18-13-25(31)28(14-18)22-6-4-5-7-24(22)33-3/h4-12,18H,13-15H2,1-3H3/t18-/m0/s1. The maximum absolute atomic E-state index is 13.3. The van der Waals surface area contributed by atoms with E-state index in [4.69, 9.17) is 9.47 Å². The highest BCUT2D eigenvalue weighted by molar-refractivity contribution is 6.02. The Kier molecular flexibility index (Phi) is 6.49. The number of amides is 1. The minimum atomic E-state index is -0.670. The lowest BCUT2D eigenvalue weighted by Gasteiger charge is -2.19. The summed E-state index contributed by atoms with van der Waals surface area (Å²) in [5.41, 5.74) is 3.21. The predicted octanol–water partition coefficient (Wildman–Crippen LogP) is 4.02. The van der Waals surface area contributed by atoms with Crippen LogP contribution in [0.1, 0.15) is 28.2 Å². The second-order valence-corrected chi connectivity index (χ2v) is 8.20. The number of benzene rings is 2. The van der Waals surface area contributed by atoms with Crippen molar-refractivity contribution in [1.82, 2.24) is 4.57 Å². The van der Waals surface area contributed by atoms with E-state index in [0.717, 1.165) is 11.4 Å². The summed E-state index contributed by atoms with van der Waals surface area (Å²) in [4.78, 5) is 39.5. The fourth-order valence-electron chi connectivity index (χ4n) is 4.32. The highest BCUT2D eigenvalue weighted by Crippen LogP contribution is 2.33. The lowest BCUT2D eigenvalue weighted by atomic mass is 10.1. The maximum Gasteiger partial charge on any atom is 0.311 e. The lowest BCUT2D eigenvalue weighted by Crippen LogP contribution is -2.27. The van der Waals surface area contributed by atoms with Gasteiger partial charge in [0.05, 0.1) is 18.7 Å². The number of aryl methyl sites for hydroxylation is 1. The molecule has 0 spiro atoms. The fourth-order valence-corrected chi connectivity index (χ4v) is 4.32. The molecule has 2 heterocycles. The van der Waals surface area contributed by atoms with E-state index in [1.807, 2.05) is 11.5 Å². The van der Waals surface area contributed by atoms with E-state index in [-0.39, 0.29) is 30.5 Å². The highest BCUT2D eigenvalue weighted by atomic mass is 19.1. The molecule has 2 aromatic carbocycles. The van der Waals surface area contributed by atoms with Crippen LogP contribution < -0.4 is 9.64 Å². The van der Waals surface area contributed by atoms with Crippen molar-refractivity contribution in [3.8, 4) is 11.4 Å². The van der Waals surface area contributed by atoms with Gasteiger partial charge in [0.2, 0.25) is 11.7 Å². The number of Topliss-reactive ketones (excluding diaryl/α,β-unsaturated/α-hetero) is 1. The van der Waals surface area contributed by atoms with Gasteiger partial charge < -0.3 is 18.9 Å². The number of hydrogen-bond donors (Lipinski definition) is 0. The molecule has 1 saturated heterocycles. The Morgan fingerprint density at radius 1 is 1.09 bits per heavy atom. The van der Waals surface area contributed by atoms with Crippen molar-refractivity contribution < 1.29 is 28.2 Å². The van der Waals surface area contributed by atoms with Gasteiger partial charge in [-0.1, -0.05) is 12.1 Å². The number of halogens is 1. The monoisotopic (exact) mass is 464 g/mol. The van der Waals surface area contributed by atoms with Crippen LogP contribution in [0.4, 0.5) is 10.1 Å². The van der Waals surface area contributed by atoms with Gasteiger partial charge in [-0.25, -0.2) is 4.39 Å². The van der Waals surface area contributed by atoms with Crippen molar-refractivity contribution in [2.75, 3.05) is 25.2 Å². The first kappa shape index (κ1) is 23.2. The lowest BCUT2D eigenvalue weighted by molar-refractivity contribution is -0.147. The van der Waals surface area contributed by atoms with Gasteiger partial charge in [0.25, 0.3) is 0 Å². The third-order valence-electron chi connectivity index (χ3n) is 6.00. The molecule has 0 saturated carbocycles. The highest BCUT2D eigenvalue weighted by Gasteiger charge is 2.37. The summed E-state index contributed by atoms with van der Waals surface area (Å²) in [5.74, 6) is -1.62. The largest absolute Gasteiger partial charge is 0.495 e. The number of ether oxygens (including phenoxy) is 2. The van der Waals surface area contributed by atoms with Gasteiger partial charge in [-0.3, -0.25) is 14.4 Å². The summed E-state index contributed by atoms with van der Waals surface area (Å²) in [7, 11) is 1.52. The first-order valence-electron chi connectivity index (χ1n) is 10.9. The molecule has 0 bridgehead atoms. The number of rotatable bonds is 7. The fraction of sp³-hybridized carbons (Fsp3) is 0.269. The zero-order valence-electron chi connectivity index (χ0n) is 19.2. The molecule has 0 radical (unpaired) electrons. The maximum atomic E-state index is 13.3. The molecule has 4 rings (SSSR count). The first-order valence-corrected chi connectivity index (χ1v) is 10.9. The normalized spacial score (nSPS) is 15.5. The van der Waals surface area contributed by atoms with Gasteiger partial charge in [-0.15, -0.1) is 0 Å². The number of carbonyl (C=O) groups excluding carboxylic acids is 3. The van der Waals surface area contributed by atoms with Crippen LogP contribution in [0.3, 0.4) is 0 Å². The summed E-state index contributed by atoms with van der Waals surface area (Å²) in [5, 5.41) is 0. The van der Waals surface area contributed by atoms with Crippen molar-refractivity contribution in [2.24, 2.45) is 5.92 Å². The topological polar surface area (TPSA) is 77.8 Å². The molecule has 0 N–H and O–H groups in total. The molecule has 0 unspecified atom stereocenters. The van der Waals surface area contributed by atoms with Gasteiger partial charge in [-0.2, -0.15) is 0 Å². The Labute approximate surface area is 196 Å². The van der Waals surface area contributed by atoms with Crippen molar-refractivity contribution in [3.63, 3.8) is 0 Å². The third kappa shape index (κ3) is 4.44. The van der Waals surface area contributed by atoms with Crippen LogP contribution in [-0.4, -0.2) is 42.5 Å². The van der Waals surface area contributed by atoms with Crippen LogP contribution in [0, 0.1) is 25.6 Å². The molecule has 1 atom stereocenters. The second kappa shape index (κ2) is 9.51. The van der Waals surface area contributed by atoms with Gasteiger partial charge in [0.1, 0.15) is 11.6 Å². The Morgan fingerprint density at radius 2 is 1.79 bits per heavy atom. The Hall–Kier alpha value is -3.94. The number of hydrogen-bond acceptors (Lipinski definition) is 5. The summed E-state index contributed by atoms with van der Waals surface area (Å²) in [6.45, 7) is 3.36. The molecule has 0 aliphatic carbocycles. The van der Waals surface area contributed by atoms with Crippen molar-refractivity contribution in [2.45, 2.75) is 20.3 Å². The number of anilines is 1. The van der Waals surface area contributed by atoms with E-state index in [9.17, 15) is 18.8 Å². The van der Waals surface area contributed by atoms with Gasteiger partial charge >= 0.3 is 5.97 Å². The third-order valence-corrected chi connectivity index (χ3v) is 6.00.